The van der Waals surface area contributed by atoms with Gasteiger partial charge in [-0.15, -0.1) is 0 Å². The Morgan fingerprint density at radius 3 is 1.54 bits per heavy atom. The van der Waals surface area contributed by atoms with E-state index in [-0.39, 0.29) is 35.0 Å². The molecule has 0 radical (unpaired) electrons. The summed E-state index contributed by atoms with van der Waals surface area (Å²) in [6.07, 6.45) is 15.2. The summed E-state index contributed by atoms with van der Waals surface area (Å²) in [5.41, 5.74) is 0.967. The van der Waals surface area contributed by atoms with E-state index >= 15 is 0 Å². The van der Waals surface area contributed by atoms with Crippen LogP contribution in [0, 0.1) is 34.5 Å². The summed E-state index contributed by atoms with van der Waals surface area (Å²) in [7, 11) is 0. The van der Waals surface area contributed by atoms with E-state index in [0.29, 0.717) is 28.9 Å². The normalized spacial score (nSPS) is 26.6. The first-order chi connectivity index (χ1) is 19.6. The lowest BCUT2D eigenvalue weighted by Crippen LogP contribution is -2.47. The highest BCUT2D eigenvalue weighted by atomic mass is 16.2. The van der Waals surface area contributed by atoms with Gasteiger partial charge >= 0.3 is 0 Å². The Labute approximate surface area is 248 Å². The highest BCUT2D eigenvalue weighted by molar-refractivity contribution is 6.08. The van der Waals surface area contributed by atoms with E-state index in [2.05, 4.69) is 50.6 Å². The minimum absolute atomic E-state index is 0.00574. The maximum absolute atomic E-state index is 14.2. The molecule has 6 nitrogen and oxygen atoms in total. The molecule has 0 spiro atoms. The van der Waals surface area contributed by atoms with E-state index in [9.17, 15) is 14.4 Å². The minimum Gasteiger partial charge on any atom is -0.324 e. The van der Waals surface area contributed by atoms with Crippen LogP contribution in [0.4, 0.5) is 17.1 Å². The van der Waals surface area contributed by atoms with Gasteiger partial charge in [-0.05, 0) is 93.6 Å². The SMILES string of the molecule is CCC1CCC(C(=O)Nc2cccc(NC(=O)C3CCC(CC)CC3)c2NC(=O)C2(C(C)(C)C)CCCCC2)CC1. The van der Waals surface area contributed by atoms with Crippen molar-refractivity contribution in [3.63, 3.8) is 0 Å². The third-order valence-electron chi connectivity index (χ3n) is 11.0. The molecular formula is C35H55N3O3. The number of anilines is 3. The van der Waals surface area contributed by atoms with E-state index in [1.807, 2.05) is 18.2 Å². The fourth-order valence-electron chi connectivity index (χ4n) is 7.74. The molecule has 3 N–H and O–H groups in total. The molecule has 0 bridgehead atoms. The lowest BCUT2D eigenvalue weighted by Gasteiger charge is -2.46. The molecule has 0 unspecified atom stereocenters. The molecule has 4 rings (SSSR count). The molecule has 3 saturated carbocycles. The second kappa shape index (κ2) is 13.7. The lowest BCUT2D eigenvalue weighted by atomic mass is 9.59. The predicted molar refractivity (Wildman–Crippen MR) is 169 cm³/mol. The number of hydrogen-bond acceptors (Lipinski definition) is 3. The van der Waals surface area contributed by atoms with Gasteiger partial charge in [-0.25, -0.2) is 0 Å². The first kappa shape index (κ1) is 31.6. The molecule has 0 aromatic heterocycles. The van der Waals surface area contributed by atoms with Gasteiger partial charge in [0, 0.05) is 11.8 Å². The Morgan fingerprint density at radius 2 is 1.15 bits per heavy atom. The van der Waals surface area contributed by atoms with E-state index in [4.69, 9.17) is 0 Å². The van der Waals surface area contributed by atoms with Gasteiger partial charge < -0.3 is 16.0 Å². The van der Waals surface area contributed by atoms with Crippen LogP contribution in [0.5, 0.6) is 0 Å². The third kappa shape index (κ3) is 7.35. The van der Waals surface area contributed by atoms with Crippen molar-refractivity contribution < 1.29 is 14.4 Å². The Kier molecular flexibility index (Phi) is 10.6. The fourth-order valence-corrected chi connectivity index (χ4v) is 7.74. The summed E-state index contributed by atoms with van der Waals surface area (Å²) in [5, 5.41) is 9.63. The second-order valence-corrected chi connectivity index (χ2v) is 14.3. The monoisotopic (exact) mass is 565 g/mol. The summed E-state index contributed by atoms with van der Waals surface area (Å²) in [5.74, 6) is 1.40. The molecule has 1 aromatic carbocycles. The summed E-state index contributed by atoms with van der Waals surface area (Å²) >= 11 is 0. The van der Waals surface area contributed by atoms with Gasteiger partial charge in [0.05, 0.1) is 22.5 Å². The maximum Gasteiger partial charge on any atom is 0.231 e. The van der Waals surface area contributed by atoms with Crippen molar-refractivity contribution in [2.24, 2.45) is 34.5 Å². The number of amides is 3. The van der Waals surface area contributed by atoms with Crippen LogP contribution in [0.3, 0.4) is 0 Å². The standard InChI is InChI=1S/C35H55N3O3/c1-6-24-14-18-26(19-15-24)31(39)36-28-12-11-13-29(37-32(40)27-20-16-25(7-2)17-21-27)30(28)38-33(41)35(34(3,4)5)22-9-8-10-23-35/h11-13,24-27H,6-10,14-23H2,1-5H3,(H,36,39)(H,37,40)(H,38,41). The van der Waals surface area contributed by atoms with Gasteiger partial charge in [-0.3, -0.25) is 14.4 Å². The van der Waals surface area contributed by atoms with Gasteiger partial charge in [-0.1, -0.05) is 72.8 Å². The van der Waals surface area contributed by atoms with Crippen LogP contribution in [0.25, 0.3) is 0 Å². The molecule has 0 saturated heterocycles. The molecule has 6 heteroatoms. The zero-order chi connectivity index (χ0) is 29.6. The number of carbonyl (C=O) groups excluding carboxylic acids is 3. The summed E-state index contributed by atoms with van der Waals surface area (Å²) in [6.45, 7) is 10.9. The van der Waals surface area contributed by atoms with Gasteiger partial charge in [0.2, 0.25) is 17.7 Å². The Morgan fingerprint density at radius 1 is 0.707 bits per heavy atom. The zero-order valence-electron chi connectivity index (χ0n) is 26.4. The third-order valence-corrected chi connectivity index (χ3v) is 11.0. The number of hydrogen-bond donors (Lipinski definition) is 3. The van der Waals surface area contributed by atoms with Gasteiger partial charge in [0.15, 0.2) is 0 Å². The van der Waals surface area contributed by atoms with Gasteiger partial charge in [0.1, 0.15) is 0 Å². The van der Waals surface area contributed by atoms with Gasteiger partial charge in [-0.2, -0.15) is 0 Å². The van der Waals surface area contributed by atoms with Crippen LogP contribution in [0.15, 0.2) is 18.2 Å². The molecule has 0 aliphatic heterocycles. The van der Waals surface area contributed by atoms with Crippen LogP contribution in [0.2, 0.25) is 0 Å². The molecule has 0 heterocycles. The fraction of sp³-hybridized carbons (Fsp3) is 0.743. The molecule has 228 valence electrons. The molecule has 3 amide bonds. The topological polar surface area (TPSA) is 87.3 Å². The summed E-state index contributed by atoms with van der Waals surface area (Å²) in [4.78, 5) is 41.1. The Hall–Kier alpha value is -2.37. The van der Waals surface area contributed by atoms with Crippen LogP contribution in [-0.2, 0) is 14.4 Å². The molecule has 41 heavy (non-hydrogen) atoms. The van der Waals surface area contributed by atoms with Crippen LogP contribution >= 0.6 is 0 Å². The van der Waals surface area contributed by atoms with Gasteiger partial charge in [0.25, 0.3) is 0 Å². The van der Waals surface area contributed by atoms with Crippen molar-refractivity contribution in [1.29, 1.82) is 0 Å². The second-order valence-electron chi connectivity index (χ2n) is 14.3. The average molecular weight is 566 g/mol. The Bertz CT molecular complexity index is 997. The van der Waals surface area contributed by atoms with E-state index in [1.54, 1.807) is 0 Å². The lowest BCUT2D eigenvalue weighted by molar-refractivity contribution is -0.135. The first-order valence-electron chi connectivity index (χ1n) is 16.6. The highest BCUT2D eigenvalue weighted by Gasteiger charge is 2.49. The maximum atomic E-state index is 14.2. The van der Waals surface area contributed by atoms with Crippen molar-refractivity contribution in [1.82, 2.24) is 0 Å². The van der Waals surface area contributed by atoms with Crippen molar-refractivity contribution in [3.05, 3.63) is 18.2 Å². The smallest absolute Gasteiger partial charge is 0.231 e. The van der Waals surface area contributed by atoms with Crippen molar-refractivity contribution in [3.8, 4) is 0 Å². The average Bonchev–Trinajstić information content (AvgIpc) is 2.98. The van der Waals surface area contributed by atoms with Crippen LogP contribution in [0.1, 0.15) is 131 Å². The summed E-state index contributed by atoms with van der Waals surface area (Å²) < 4.78 is 0. The van der Waals surface area contributed by atoms with Crippen LogP contribution in [-0.4, -0.2) is 17.7 Å². The first-order valence-corrected chi connectivity index (χ1v) is 16.6. The van der Waals surface area contributed by atoms with Crippen molar-refractivity contribution in [2.45, 2.75) is 131 Å². The molecular weight excluding hydrogens is 510 g/mol. The highest BCUT2D eigenvalue weighted by Crippen LogP contribution is 2.51. The number of nitrogens with one attached hydrogen (secondary N) is 3. The molecule has 3 fully saturated rings. The number of carbonyl (C=O) groups is 3. The quantitative estimate of drug-likeness (QED) is 0.294. The van der Waals surface area contributed by atoms with E-state index in [0.717, 1.165) is 83.5 Å². The summed E-state index contributed by atoms with van der Waals surface area (Å²) in [6, 6.07) is 5.58. The predicted octanol–water partition coefficient (Wildman–Crippen LogP) is 8.93. The number of rotatable bonds is 8. The largest absolute Gasteiger partial charge is 0.324 e. The number of benzene rings is 1. The molecule has 3 aliphatic rings. The molecule has 1 aromatic rings. The molecule has 3 aliphatic carbocycles. The van der Waals surface area contributed by atoms with Crippen LogP contribution < -0.4 is 16.0 Å². The minimum atomic E-state index is -0.499. The van der Waals surface area contributed by atoms with E-state index < -0.39 is 5.41 Å². The zero-order valence-corrected chi connectivity index (χ0v) is 26.4. The Balaban J connectivity index is 1.60. The van der Waals surface area contributed by atoms with E-state index in [1.165, 1.54) is 12.8 Å². The van der Waals surface area contributed by atoms with Crippen molar-refractivity contribution in [2.75, 3.05) is 16.0 Å². The van der Waals surface area contributed by atoms with Crippen molar-refractivity contribution >= 4 is 34.8 Å². The molecule has 0 atom stereocenters. The number of para-hydroxylation sites is 1.